The molecule has 1 aliphatic heterocycles. The van der Waals surface area contributed by atoms with E-state index in [2.05, 4.69) is 6.07 Å². The van der Waals surface area contributed by atoms with Crippen molar-refractivity contribution in [1.82, 2.24) is 4.90 Å². The van der Waals surface area contributed by atoms with Crippen molar-refractivity contribution in [2.75, 3.05) is 13.1 Å². The van der Waals surface area contributed by atoms with Crippen LogP contribution in [0.3, 0.4) is 0 Å². The molecule has 1 aromatic carbocycles. The lowest BCUT2D eigenvalue weighted by molar-refractivity contribution is -0.142. The third-order valence-corrected chi connectivity index (χ3v) is 4.59. The van der Waals surface area contributed by atoms with Crippen molar-refractivity contribution >= 4 is 11.9 Å². The molecule has 4 heteroatoms. The molecule has 2 atom stereocenters. The van der Waals surface area contributed by atoms with Crippen molar-refractivity contribution in [1.29, 1.82) is 0 Å². The fraction of sp³-hybridized carbons (Fsp3) is 0.500. The van der Waals surface area contributed by atoms with Gasteiger partial charge in [-0.3, -0.25) is 9.59 Å². The predicted molar refractivity (Wildman–Crippen MR) is 74.7 cm³/mol. The Kier molecular flexibility index (Phi) is 3.24. The van der Waals surface area contributed by atoms with Gasteiger partial charge < -0.3 is 10.0 Å². The van der Waals surface area contributed by atoms with Gasteiger partial charge in [0.1, 0.15) is 0 Å². The van der Waals surface area contributed by atoms with E-state index in [1.54, 1.807) is 4.90 Å². The van der Waals surface area contributed by atoms with E-state index in [0.29, 0.717) is 13.1 Å². The van der Waals surface area contributed by atoms with Crippen molar-refractivity contribution in [3.63, 3.8) is 0 Å². The number of rotatable bonds is 2. The Morgan fingerprint density at radius 3 is 2.75 bits per heavy atom. The molecule has 0 aromatic heterocycles. The highest BCUT2D eigenvalue weighted by Gasteiger charge is 2.37. The van der Waals surface area contributed by atoms with Crippen LogP contribution in [0.15, 0.2) is 18.2 Å². The van der Waals surface area contributed by atoms with Crippen LogP contribution in [0.2, 0.25) is 0 Å². The molecular weight excluding hydrogens is 254 g/mol. The highest BCUT2D eigenvalue weighted by molar-refractivity contribution is 5.96. The Balaban J connectivity index is 1.84. The molecule has 0 unspecified atom stereocenters. The minimum atomic E-state index is -0.800. The highest BCUT2D eigenvalue weighted by atomic mass is 16.4. The molecule has 4 nitrogen and oxygen atoms in total. The number of nitrogens with zero attached hydrogens (tertiary/aromatic N) is 1. The largest absolute Gasteiger partial charge is 0.481 e. The number of aryl methyl sites for hydroxylation is 1. The van der Waals surface area contributed by atoms with Crippen LogP contribution < -0.4 is 0 Å². The number of carboxylic acids is 1. The Morgan fingerprint density at radius 2 is 2.05 bits per heavy atom. The van der Waals surface area contributed by atoms with Gasteiger partial charge >= 0.3 is 5.97 Å². The Labute approximate surface area is 118 Å². The summed E-state index contributed by atoms with van der Waals surface area (Å²) in [6, 6.07) is 5.91. The molecule has 20 heavy (non-hydrogen) atoms. The first-order valence-electron chi connectivity index (χ1n) is 7.20. The molecular formula is C16H19NO3. The van der Waals surface area contributed by atoms with Gasteiger partial charge in [-0.2, -0.15) is 0 Å². The van der Waals surface area contributed by atoms with Crippen LogP contribution in [0.4, 0.5) is 0 Å². The molecule has 1 fully saturated rings. The van der Waals surface area contributed by atoms with E-state index in [0.717, 1.165) is 24.8 Å². The lowest BCUT2D eigenvalue weighted by atomic mass is 9.99. The maximum absolute atomic E-state index is 12.7. The molecule has 1 N–H and O–H groups in total. The summed E-state index contributed by atoms with van der Waals surface area (Å²) < 4.78 is 0. The van der Waals surface area contributed by atoms with Gasteiger partial charge in [-0.25, -0.2) is 0 Å². The number of aliphatic carboxylic acids is 1. The van der Waals surface area contributed by atoms with Crippen LogP contribution in [-0.4, -0.2) is 35.0 Å². The van der Waals surface area contributed by atoms with Crippen LogP contribution in [-0.2, 0) is 17.6 Å². The number of hydrogen-bond donors (Lipinski definition) is 1. The summed E-state index contributed by atoms with van der Waals surface area (Å²) in [6.45, 7) is 2.78. The van der Waals surface area contributed by atoms with Crippen molar-refractivity contribution in [3.8, 4) is 0 Å². The van der Waals surface area contributed by atoms with Gasteiger partial charge in [-0.15, -0.1) is 0 Å². The van der Waals surface area contributed by atoms with Crippen molar-refractivity contribution < 1.29 is 14.7 Å². The van der Waals surface area contributed by atoms with Gasteiger partial charge in [0, 0.05) is 18.7 Å². The van der Waals surface area contributed by atoms with Gasteiger partial charge in [0.2, 0.25) is 0 Å². The number of hydrogen-bond acceptors (Lipinski definition) is 2. The zero-order chi connectivity index (χ0) is 14.3. The van der Waals surface area contributed by atoms with Crippen LogP contribution in [0, 0.1) is 11.8 Å². The smallest absolute Gasteiger partial charge is 0.308 e. The van der Waals surface area contributed by atoms with Gasteiger partial charge in [-0.05, 0) is 42.4 Å². The van der Waals surface area contributed by atoms with Gasteiger partial charge in [0.15, 0.2) is 0 Å². The summed E-state index contributed by atoms with van der Waals surface area (Å²) in [5.74, 6) is -1.21. The third-order valence-electron chi connectivity index (χ3n) is 4.59. The van der Waals surface area contributed by atoms with E-state index in [4.69, 9.17) is 0 Å². The molecule has 0 spiro atoms. The number of amides is 1. The monoisotopic (exact) mass is 273 g/mol. The quantitative estimate of drug-likeness (QED) is 0.896. The van der Waals surface area contributed by atoms with E-state index in [1.807, 2.05) is 19.1 Å². The molecule has 2 aliphatic rings. The molecule has 1 amide bonds. The van der Waals surface area contributed by atoms with Crippen LogP contribution in [0.1, 0.15) is 34.8 Å². The normalized spacial score (nSPS) is 24.8. The SMILES string of the molecule is C[C@@H]1CN(C(=O)c2cccc3c2CCC3)C[C@H]1C(=O)O. The molecule has 3 rings (SSSR count). The summed E-state index contributed by atoms with van der Waals surface area (Å²) in [6.07, 6.45) is 3.11. The van der Waals surface area contributed by atoms with Gasteiger partial charge in [0.25, 0.3) is 5.91 Å². The first kappa shape index (κ1) is 13.2. The average molecular weight is 273 g/mol. The zero-order valence-electron chi connectivity index (χ0n) is 11.6. The van der Waals surface area contributed by atoms with Crippen molar-refractivity contribution in [2.45, 2.75) is 26.2 Å². The molecule has 0 radical (unpaired) electrons. The maximum Gasteiger partial charge on any atom is 0.308 e. The second-order valence-corrected chi connectivity index (χ2v) is 5.93. The van der Waals surface area contributed by atoms with E-state index in [1.165, 1.54) is 11.1 Å². The molecule has 0 saturated carbocycles. The number of carboxylic acid groups (broad SMARTS) is 1. The van der Waals surface area contributed by atoms with E-state index in [9.17, 15) is 14.7 Å². The summed E-state index contributed by atoms with van der Waals surface area (Å²) in [7, 11) is 0. The molecule has 0 bridgehead atoms. The molecule has 1 aliphatic carbocycles. The summed E-state index contributed by atoms with van der Waals surface area (Å²) in [5, 5.41) is 9.17. The van der Waals surface area contributed by atoms with Crippen molar-refractivity contribution in [2.24, 2.45) is 11.8 Å². The van der Waals surface area contributed by atoms with Crippen LogP contribution in [0.25, 0.3) is 0 Å². The average Bonchev–Trinajstić information content (AvgIpc) is 3.03. The van der Waals surface area contributed by atoms with E-state index < -0.39 is 11.9 Å². The molecule has 1 saturated heterocycles. The standard InChI is InChI=1S/C16H19NO3/c1-10-8-17(9-14(10)16(19)20)15(18)13-7-3-5-11-4-2-6-12(11)13/h3,5,7,10,14H,2,4,6,8-9H2,1H3,(H,19,20)/t10-,14-/m1/s1. The third kappa shape index (κ3) is 2.09. The maximum atomic E-state index is 12.7. The van der Waals surface area contributed by atoms with E-state index >= 15 is 0 Å². The second-order valence-electron chi connectivity index (χ2n) is 5.93. The minimum absolute atomic E-state index is 0.000602. The van der Waals surface area contributed by atoms with Crippen molar-refractivity contribution in [3.05, 3.63) is 34.9 Å². The zero-order valence-corrected chi connectivity index (χ0v) is 11.6. The van der Waals surface area contributed by atoms with Crippen LogP contribution in [0.5, 0.6) is 0 Å². The number of carbonyl (C=O) groups is 2. The molecule has 1 heterocycles. The number of fused-ring (bicyclic) bond motifs is 1. The Morgan fingerprint density at radius 1 is 1.25 bits per heavy atom. The van der Waals surface area contributed by atoms with Gasteiger partial charge in [0.05, 0.1) is 5.92 Å². The highest BCUT2D eigenvalue weighted by Crippen LogP contribution is 2.29. The number of likely N-dealkylation sites (tertiary alicyclic amines) is 1. The summed E-state index contributed by atoms with van der Waals surface area (Å²) in [5.41, 5.74) is 3.22. The minimum Gasteiger partial charge on any atom is -0.481 e. The predicted octanol–water partition coefficient (Wildman–Crippen LogP) is 1.97. The number of benzene rings is 1. The van der Waals surface area contributed by atoms with Crippen LogP contribution >= 0.6 is 0 Å². The topological polar surface area (TPSA) is 57.6 Å². The first-order chi connectivity index (χ1) is 9.58. The lowest BCUT2D eigenvalue weighted by Crippen LogP contribution is -2.30. The second kappa shape index (κ2) is 4.93. The fourth-order valence-corrected chi connectivity index (χ4v) is 3.44. The first-order valence-corrected chi connectivity index (χ1v) is 7.20. The summed E-state index contributed by atoms with van der Waals surface area (Å²) in [4.78, 5) is 25.5. The molecule has 106 valence electrons. The number of carbonyl (C=O) groups excluding carboxylic acids is 1. The van der Waals surface area contributed by atoms with E-state index in [-0.39, 0.29) is 11.8 Å². The Bertz CT molecular complexity index is 567. The van der Waals surface area contributed by atoms with Gasteiger partial charge in [-0.1, -0.05) is 19.1 Å². The molecule has 1 aromatic rings. The Hall–Kier alpha value is -1.84. The lowest BCUT2D eigenvalue weighted by Gasteiger charge is -2.18. The summed E-state index contributed by atoms with van der Waals surface area (Å²) >= 11 is 0. The fourth-order valence-electron chi connectivity index (χ4n) is 3.44.